The van der Waals surface area contributed by atoms with E-state index in [1.165, 1.54) is 6.20 Å². The molecule has 8 heteroatoms. The molecule has 0 fully saturated rings. The molecule has 1 aromatic carbocycles. The third kappa shape index (κ3) is 3.34. The number of benzene rings is 1. The molecular weight excluding hydrogens is 322 g/mol. The third-order valence-corrected chi connectivity index (χ3v) is 4.00. The van der Waals surface area contributed by atoms with Crippen LogP contribution >= 0.6 is 0 Å². The van der Waals surface area contributed by atoms with Gasteiger partial charge in [0.05, 0.1) is 27.0 Å². The van der Waals surface area contributed by atoms with Crippen molar-refractivity contribution in [3.8, 4) is 11.5 Å². The molecule has 0 radical (unpaired) electrons. The fourth-order valence-corrected chi connectivity index (χ4v) is 2.83. The maximum Gasteiger partial charge on any atom is 0.262 e. The Hall–Kier alpha value is -2.87. The second-order valence-electron chi connectivity index (χ2n) is 5.84. The van der Waals surface area contributed by atoms with Gasteiger partial charge in [-0.15, -0.1) is 0 Å². The van der Waals surface area contributed by atoms with E-state index >= 15 is 0 Å². The molecule has 0 bridgehead atoms. The summed E-state index contributed by atoms with van der Waals surface area (Å²) in [4.78, 5) is 21.5. The number of rotatable bonds is 6. The van der Waals surface area contributed by atoms with Crippen LogP contribution in [0.1, 0.15) is 11.4 Å². The van der Waals surface area contributed by atoms with Crippen LogP contribution in [-0.2, 0) is 20.1 Å². The molecule has 132 valence electrons. The second-order valence-corrected chi connectivity index (χ2v) is 5.84. The highest BCUT2D eigenvalue weighted by molar-refractivity contribution is 5.72. The first-order valence-corrected chi connectivity index (χ1v) is 7.82. The van der Waals surface area contributed by atoms with Gasteiger partial charge in [0.2, 0.25) is 0 Å². The monoisotopic (exact) mass is 343 g/mol. The minimum Gasteiger partial charge on any atom is -0.493 e. The summed E-state index contributed by atoms with van der Waals surface area (Å²) in [5, 5.41) is 4.57. The number of H-pyrrole nitrogens is 1. The quantitative estimate of drug-likeness (QED) is 0.726. The van der Waals surface area contributed by atoms with Gasteiger partial charge < -0.3 is 14.5 Å². The number of ether oxygens (including phenoxy) is 2. The molecular formula is C17H21N5O3. The van der Waals surface area contributed by atoms with Crippen molar-refractivity contribution in [3.63, 3.8) is 0 Å². The lowest BCUT2D eigenvalue weighted by molar-refractivity contribution is 0.297. The number of para-hydroxylation sites is 1. The molecule has 0 atom stereocenters. The van der Waals surface area contributed by atoms with Gasteiger partial charge in [-0.3, -0.25) is 14.4 Å². The van der Waals surface area contributed by atoms with Gasteiger partial charge in [-0.2, -0.15) is 5.10 Å². The van der Waals surface area contributed by atoms with E-state index in [1.54, 1.807) is 25.9 Å². The Labute approximate surface area is 145 Å². The molecule has 0 saturated carbocycles. The van der Waals surface area contributed by atoms with E-state index < -0.39 is 0 Å². The van der Waals surface area contributed by atoms with E-state index in [4.69, 9.17) is 9.47 Å². The Morgan fingerprint density at radius 2 is 2.04 bits per heavy atom. The maximum absolute atomic E-state index is 12.1. The smallest absolute Gasteiger partial charge is 0.262 e. The molecule has 0 amide bonds. The van der Waals surface area contributed by atoms with Gasteiger partial charge in [0.25, 0.3) is 5.56 Å². The highest BCUT2D eigenvalue weighted by Crippen LogP contribution is 2.31. The number of aromatic nitrogens is 4. The largest absolute Gasteiger partial charge is 0.493 e. The normalized spacial score (nSPS) is 11.2. The molecule has 3 aromatic rings. The third-order valence-electron chi connectivity index (χ3n) is 4.00. The van der Waals surface area contributed by atoms with Crippen LogP contribution in [0.4, 0.5) is 0 Å². The van der Waals surface area contributed by atoms with Crippen molar-refractivity contribution >= 4 is 11.0 Å². The molecule has 2 aromatic heterocycles. The Bertz CT molecular complexity index is 947. The number of fused-ring (bicyclic) bond motifs is 1. The molecule has 0 unspecified atom stereocenters. The Kier molecular flexibility index (Phi) is 4.71. The zero-order chi connectivity index (χ0) is 18.0. The molecule has 0 saturated heterocycles. The van der Waals surface area contributed by atoms with E-state index in [1.807, 2.05) is 30.1 Å². The Morgan fingerprint density at radius 3 is 2.76 bits per heavy atom. The maximum atomic E-state index is 12.1. The van der Waals surface area contributed by atoms with Crippen LogP contribution in [0.25, 0.3) is 11.0 Å². The number of hydrogen-bond donors (Lipinski definition) is 1. The van der Waals surface area contributed by atoms with Crippen LogP contribution in [0.15, 0.2) is 29.2 Å². The van der Waals surface area contributed by atoms with Crippen molar-refractivity contribution < 1.29 is 9.47 Å². The summed E-state index contributed by atoms with van der Waals surface area (Å²) >= 11 is 0. The van der Waals surface area contributed by atoms with Crippen molar-refractivity contribution in [1.29, 1.82) is 0 Å². The molecule has 0 aliphatic heterocycles. The number of methoxy groups -OCH3 is 2. The predicted molar refractivity (Wildman–Crippen MR) is 93.8 cm³/mol. The molecule has 0 spiro atoms. The van der Waals surface area contributed by atoms with Crippen molar-refractivity contribution in [1.82, 2.24) is 24.6 Å². The number of aromatic amines is 1. The van der Waals surface area contributed by atoms with Crippen LogP contribution in [0, 0.1) is 0 Å². The number of nitrogens with one attached hydrogen (secondary N) is 1. The second kappa shape index (κ2) is 6.94. The van der Waals surface area contributed by atoms with E-state index in [9.17, 15) is 4.79 Å². The first-order valence-electron chi connectivity index (χ1n) is 7.82. The summed E-state index contributed by atoms with van der Waals surface area (Å²) in [5.74, 6) is 1.99. The fourth-order valence-electron chi connectivity index (χ4n) is 2.83. The van der Waals surface area contributed by atoms with Crippen LogP contribution in [-0.4, -0.2) is 45.9 Å². The zero-order valence-electron chi connectivity index (χ0n) is 14.7. The standard InChI is InChI=1S/C17H21N5O3/c1-21(9-11-6-5-7-13(24-3)15(11)25-4)10-14-19-16-12(17(23)20-14)8-18-22(16)2/h5-8H,9-10H2,1-4H3,(H,19,20,23). The average molecular weight is 343 g/mol. The number of aryl methyl sites for hydroxylation is 1. The van der Waals surface area contributed by atoms with Gasteiger partial charge in [-0.25, -0.2) is 4.98 Å². The highest BCUT2D eigenvalue weighted by atomic mass is 16.5. The number of hydrogen-bond acceptors (Lipinski definition) is 6. The summed E-state index contributed by atoms with van der Waals surface area (Å²) < 4.78 is 12.4. The van der Waals surface area contributed by atoms with Gasteiger partial charge in [-0.05, 0) is 13.1 Å². The molecule has 0 aliphatic rings. The topological polar surface area (TPSA) is 85.3 Å². The van der Waals surface area contributed by atoms with Gasteiger partial charge >= 0.3 is 0 Å². The minimum absolute atomic E-state index is 0.180. The lowest BCUT2D eigenvalue weighted by atomic mass is 10.1. The van der Waals surface area contributed by atoms with Crippen molar-refractivity contribution in [2.45, 2.75) is 13.1 Å². The van der Waals surface area contributed by atoms with Crippen molar-refractivity contribution in [3.05, 3.63) is 46.1 Å². The highest BCUT2D eigenvalue weighted by Gasteiger charge is 2.13. The van der Waals surface area contributed by atoms with Crippen molar-refractivity contribution in [2.75, 3.05) is 21.3 Å². The van der Waals surface area contributed by atoms with E-state index in [-0.39, 0.29) is 5.56 Å². The van der Waals surface area contributed by atoms with E-state index in [0.29, 0.717) is 41.4 Å². The molecule has 0 aliphatic carbocycles. The summed E-state index contributed by atoms with van der Waals surface area (Å²) in [6.45, 7) is 1.10. The lowest BCUT2D eigenvalue weighted by Crippen LogP contribution is -2.22. The fraction of sp³-hybridized carbons (Fsp3) is 0.353. The average Bonchev–Trinajstić information content (AvgIpc) is 2.96. The van der Waals surface area contributed by atoms with Crippen LogP contribution in [0.3, 0.4) is 0 Å². The van der Waals surface area contributed by atoms with E-state index in [2.05, 4.69) is 15.1 Å². The molecule has 3 rings (SSSR count). The first kappa shape index (κ1) is 17.0. The van der Waals surface area contributed by atoms with E-state index in [0.717, 1.165) is 5.56 Å². The van der Waals surface area contributed by atoms with Crippen LogP contribution in [0.2, 0.25) is 0 Å². The van der Waals surface area contributed by atoms with Gasteiger partial charge in [-0.1, -0.05) is 12.1 Å². The minimum atomic E-state index is -0.180. The summed E-state index contributed by atoms with van der Waals surface area (Å²) in [6, 6.07) is 5.77. The predicted octanol–water partition coefficient (Wildman–Crippen LogP) is 1.31. The SMILES string of the molecule is COc1cccc(CN(C)Cc2nc3c(cnn3C)c(=O)[nH]2)c1OC. The first-order chi connectivity index (χ1) is 12.0. The summed E-state index contributed by atoms with van der Waals surface area (Å²) in [7, 11) is 6.95. The Morgan fingerprint density at radius 1 is 1.24 bits per heavy atom. The van der Waals surface area contributed by atoms with Gasteiger partial charge in [0, 0.05) is 19.2 Å². The number of nitrogens with zero attached hydrogens (tertiary/aromatic N) is 4. The zero-order valence-corrected chi connectivity index (χ0v) is 14.7. The van der Waals surface area contributed by atoms with Gasteiger partial charge in [0.1, 0.15) is 11.2 Å². The molecule has 25 heavy (non-hydrogen) atoms. The van der Waals surface area contributed by atoms with Crippen molar-refractivity contribution in [2.24, 2.45) is 7.05 Å². The van der Waals surface area contributed by atoms with Gasteiger partial charge in [0.15, 0.2) is 17.1 Å². The molecule has 1 N–H and O–H groups in total. The summed E-state index contributed by atoms with van der Waals surface area (Å²) in [6.07, 6.45) is 1.52. The Balaban J connectivity index is 1.83. The van der Waals surface area contributed by atoms with Crippen LogP contribution < -0.4 is 15.0 Å². The van der Waals surface area contributed by atoms with Crippen LogP contribution in [0.5, 0.6) is 11.5 Å². The molecule has 2 heterocycles. The molecule has 8 nitrogen and oxygen atoms in total. The lowest BCUT2D eigenvalue weighted by Gasteiger charge is -2.19. The summed E-state index contributed by atoms with van der Waals surface area (Å²) in [5.41, 5.74) is 1.39.